The molecule has 2 aromatic carbocycles. The third-order valence-electron chi connectivity index (χ3n) is 6.56. The summed E-state index contributed by atoms with van der Waals surface area (Å²) in [6.07, 6.45) is 4.33. The van der Waals surface area contributed by atoms with Gasteiger partial charge in [0.05, 0.1) is 18.8 Å². The first-order valence-corrected chi connectivity index (χ1v) is 12.0. The fraction of sp³-hybridized carbons (Fsp3) is 0.385. The molecule has 2 fully saturated rings. The fourth-order valence-electron chi connectivity index (χ4n) is 4.60. The third-order valence-corrected chi connectivity index (χ3v) is 6.56. The summed E-state index contributed by atoms with van der Waals surface area (Å²) in [4.78, 5) is 33.6. The van der Waals surface area contributed by atoms with Gasteiger partial charge >= 0.3 is 0 Å². The first-order chi connectivity index (χ1) is 17.2. The van der Waals surface area contributed by atoms with Gasteiger partial charge in [0, 0.05) is 31.1 Å². The standard InChI is InChI=1S/C26H29N5O4/c32-25(20-4-2-1-3-5-20)29-12-10-21(11-13-29)26(33)30-14-15-34-24(16-30)17-35-23-8-6-22(7-9-23)31-19-27-18-28-31/h1-9,18-19,21,24H,10-17H2. The highest BCUT2D eigenvalue weighted by Gasteiger charge is 2.33. The van der Waals surface area contributed by atoms with Crippen LogP contribution in [0.1, 0.15) is 23.2 Å². The van der Waals surface area contributed by atoms with Gasteiger partial charge in [-0.15, -0.1) is 0 Å². The molecule has 9 nitrogen and oxygen atoms in total. The summed E-state index contributed by atoms with van der Waals surface area (Å²) in [5.41, 5.74) is 1.60. The molecular weight excluding hydrogens is 446 g/mol. The zero-order chi connectivity index (χ0) is 24.0. The van der Waals surface area contributed by atoms with Crippen molar-refractivity contribution >= 4 is 11.8 Å². The Morgan fingerprint density at radius 1 is 0.971 bits per heavy atom. The predicted molar refractivity (Wildman–Crippen MR) is 128 cm³/mol. The Balaban J connectivity index is 1.09. The zero-order valence-electron chi connectivity index (χ0n) is 19.5. The molecule has 0 bridgehead atoms. The van der Waals surface area contributed by atoms with Crippen LogP contribution in [0.4, 0.5) is 0 Å². The molecule has 9 heteroatoms. The molecule has 2 amide bonds. The normalized spacial score (nSPS) is 18.9. The van der Waals surface area contributed by atoms with Crippen LogP contribution in [0, 0.1) is 5.92 Å². The highest BCUT2D eigenvalue weighted by Crippen LogP contribution is 2.23. The minimum absolute atomic E-state index is 0.0365. The molecule has 1 aromatic heterocycles. The van der Waals surface area contributed by atoms with Crippen LogP contribution in [0.5, 0.6) is 5.75 Å². The first kappa shape index (κ1) is 23.0. The summed E-state index contributed by atoms with van der Waals surface area (Å²) in [6, 6.07) is 16.9. The minimum atomic E-state index is -0.178. The molecule has 1 atom stereocenters. The van der Waals surface area contributed by atoms with E-state index in [0.717, 1.165) is 11.4 Å². The molecule has 3 heterocycles. The molecule has 0 aliphatic carbocycles. The maximum atomic E-state index is 13.2. The van der Waals surface area contributed by atoms with Gasteiger partial charge in [-0.3, -0.25) is 9.59 Å². The molecule has 182 valence electrons. The van der Waals surface area contributed by atoms with Crippen molar-refractivity contribution in [1.82, 2.24) is 24.6 Å². The lowest BCUT2D eigenvalue weighted by Gasteiger charge is -2.37. The topological polar surface area (TPSA) is 89.8 Å². The number of amides is 2. The molecule has 35 heavy (non-hydrogen) atoms. The zero-order valence-corrected chi connectivity index (χ0v) is 19.5. The molecule has 1 unspecified atom stereocenters. The maximum absolute atomic E-state index is 13.2. The van der Waals surface area contributed by atoms with E-state index in [9.17, 15) is 9.59 Å². The summed E-state index contributed by atoms with van der Waals surface area (Å²) in [6.45, 7) is 3.17. The van der Waals surface area contributed by atoms with Crippen molar-refractivity contribution in [3.63, 3.8) is 0 Å². The van der Waals surface area contributed by atoms with Crippen LogP contribution < -0.4 is 4.74 Å². The Kier molecular flexibility index (Phi) is 7.04. The van der Waals surface area contributed by atoms with E-state index < -0.39 is 0 Å². The number of carbonyl (C=O) groups excluding carboxylic acids is 2. The van der Waals surface area contributed by atoms with Crippen molar-refractivity contribution in [2.45, 2.75) is 18.9 Å². The Morgan fingerprint density at radius 3 is 2.46 bits per heavy atom. The summed E-state index contributed by atoms with van der Waals surface area (Å²) in [5, 5.41) is 4.11. The number of aromatic nitrogens is 3. The number of hydrogen-bond donors (Lipinski definition) is 0. The molecule has 0 N–H and O–H groups in total. The third kappa shape index (κ3) is 5.51. The molecule has 2 aliphatic heterocycles. The van der Waals surface area contributed by atoms with E-state index in [4.69, 9.17) is 9.47 Å². The van der Waals surface area contributed by atoms with Crippen LogP contribution in [-0.4, -0.2) is 81.9 Å². The number of hydrogen-bond acceptors (Lipinski definition) is 6. The van der Waals surface area contributed by atoms with Crippen LogP contribution in [0.15, 0.2) is 67.3 Å². The second kappa shape index (κ2) is 10.7. The molecular formula is C26H29N5O4. The minimum Gasteiger partial charge on any atom is -0.491 e. The monoisotopic (exact) mass is 475 g/mol. The summed E-state index contributed by atoms with van der Waals surface area (Å²) in [5.74, 6) is 0.867. The van der Waals surface area contributed by atoms with Gasteiger partial charge in [-0.1, -0.05) is 18.2 Å². The number of ether oxygens (including phenoxy) is 2. The van der Waals surface area contributed by atoms with Crippen molar-refractivity contribution in [2.24, 2.45) is 5.92 Å². The molecule has 2 aliphatic rings. The first-order valence-electron chi connectivity index (χ1n) is 12.0. The summed E-state index contributed by atoms with van der Waals surface area (Å²) >= 11 is 0. The SMILES string of the molecule is O=C(c1ccccc1)N1CCC(C(=O)N2CCOC(COc3ccc(-n4cncn4)cc3)C2)CC1. The van der Waals surface area contributed by atoms with Gasteiger partial charge < -0.3 is 19.3 Å². The van der Waals surface area contributed by atoms with Crippen molar-refractivity contribution in [1.29, 1.82) is 0 Å². The van der Waals surface area contributed by atoms with Crippen molar-refractivity contribution in [2.75, 3.05) is 39.4 Å². The van der Waals surface area contributed by atoms with E-state index in [0.29, 0.717) is 57.8 Å². The van der Waals surface area contributed by atoms with E-state index in [1.165, 1.54) is 6.33 Å². The van der Waals surface area contributed by atoms with Gasteiger partial charge in [0.25, 0.3) is 5.91 Å². The Hall–Kier alpha value is -3.72. The van der Waals surface area contributed by atoms with Gasteiger partial charge in [-0.25, -0.2) is 9.67 Å². The summed E-state index contributed by atoms with van der Waals surface area (Å²) < 4.78 is 13.5. The maximum Gasteiger partial charge on any atom is 0.253 e. The second-order valence-corrected chi connectivity index (χ2v) is 8.85. The van der Waals surface area contributed by atoms with E-state index in [-0.39, 0.29) is 23.8 Å². The Morgan fingerprint density at radius 2 is 1.74 bits per heavy atom. The lowest BCUT2D eigenvalue weighted by Crippen LogP contribution is -2.51. The van der Waals surface area contributed by atoms with Gasteiger partial charge in [-0.2, -0.15) is 5.10 Å². The average Bonchev–Trinajstić information content (AvgIpc) is 3.47. The fourth-order valence-corrected chi connectivity index (χ4v) is 4.60. The quantitative estimate of drug-likeness (QED) is 0.544. The lowest BCUT2D eigenvalue weighted by molar-refractivity contribution is -0.145. The smallest absolute Gasteiger partial charge is 0.253 e. The van der Waals surface area contributed by atoms with Gasteiger partial charge in [0.2, 0.25) is 5.91 Å². The van der Waals surface area contributed by atoms with Crippen LogP contribution in [0.25, 0.3) is 5.69 Å². The lowest BCUT2D eigenvalue weighted by atomic mass is 9.94. The van der Waals surface area contributed by atoms with Crippen LogP contribution >= 0.6 is 0 Å². The molecule has 0 saturated carbocycles. The summed E-state index contributed by atoms with van der Waals surface area (Å²) in [7, 11) is 0. The Bertz CT molecular complexity index is 1110. The van der Waals surface area contributed by atoms with Crippen molar-refractivity contribution in [3.8, 4) is 11.4 Å². The highest BCUT2D eigenvalue weighted by molar-refractivity contribution is 5.94. The van der Waals surface area contributed by atoms with Crippen LogP contribution in [0.3, 0.4) is 0 Å². The van der Waals surface area contributed by atoms with E-state index in [1.54, 1.807) is 11.0 Å². The number of likely N-dealkylation sites (tertiary alicyclic amines) is 1. The van der Waals surface area contributed by atoms with Gasteiger partial charge in [0.15, 0.2) is 0 Å². The molecule has 0 spiro atoms. The number of morpholine rings is 1. The van der Waals surface area contributed by atoms with Crippen molar-refractivity contribution < 1.29 is 19.1 Å². The van der Waals surface area contributed by atoms with Crippen molar-refractivity contribution in [3.05, 3.63) is 72.8 Å². The predicted octanol–water partition coefficient (Wildman–Crippen LogP) is 2.43. The average molecular weight is 476 g/mol. The number of rotatable bonds is 6. The Labute approximate surface area is 204 Å². The molecule has 3 aromatic rings. The molecule has 2 saturated heterocycles. The molecule has 5 rings (SSSR count). The number of benzene rings is 2. The highest BCUT2D eigenvalue weighted by atomic mass is 16.5. The van der Waals surface area contributed by atoms with Crippen LogP contribution in [0.2, 0.25) is 0 Å². The van der Waals surface area contributed by atoms with E-state index in [2.05, 4.69) is 10.1 Å². The molecule has 0 radical (unpaired) electrons. The largest absolute Gasteiger partial charge is 0.491 e. The number of carbonyl (C=O) groups is 2. The van der Waals surface area contributed by atoms with Crippen LogP contribution in [-0.2, 0) is 9.53 Å². The van der Waals surface area contributed by atoms with E-state index >= 15 is 0 Å². The number of nitrogens with zero attached hydrogens (tertiary/aromatic N) is 5. The number of piperidine rings is 1. The van der Waals surface area contributed by atoms with E-state index in [1.807, 2.05) is 64.4 Å². The second-order valence-electron chi connectivity index (χ2n) is 8.85. The van der Waals surface area contributed by atoms with Gasteiger partial charge in [0.1, 0.15) is 31.1 Å². The van der Waals surface area contributed by atoms with Gasteiger partial charge in [-0.05, 0) is 49.2 Å².